The van der Waals surface area contributed by atoms with Crippen LogP contribution in [0.3, 0.4) is 0 Å². The van der Waals surface area contributed by atoms with Crippen LogP contribution in [0.1, 0.15) is 55.7 Å². The molecule has 1 N–H and O–H groups in total. The first-order valence-electron chi connectivity index (χ1n) is 10.3. The molecule has 2 aromatic rings. The number of esters is 1. The molecule has 29 heavy (non-hydrogen) atoms. The maximum atomic E-state index is 12.5. The van der Waals surface area contributed by atoms with Crippen molar-refractivity contribution in [3.63, 3.8) is 0 Å². The van der Waals surface area contributed by atoms with Crippen LogP contribution in [0.4, 0.5) is 0 Å². The van der Waals surface area contributed by atoms with Crippen LogP contribution in [0.15, 0.2) is 54.6 Å². The van der Waals surface area contributed by atoms with Gasteiger partial charge >= 0.3 is 5.97 Å². The Labute approximate surface area is 172 Å². The van der Waals surface area contributed by atoms with Crippen molar-refractivity contribution < 1.29 is 19.1 Å². The highest BCUT2D eigenvalue weighted by Gasteiger charge is 2.19. The molecule has 154 valence electrons. The van der Waals surface area contributed by atoms with E-state index in [1.54, 1.807) is 7.11 Å². The maximum Gasteiger partial charge on any atom is 0.306 e. The topological polar surface area (TPSA) is 64.6 Å². The first-order valence-corrected chi connectivity index (χ1v) is 10.3. The van der Waals surface area contributed by atoms with E-state index in [9.17, 15) is 9.59 Å². The average molecular weight is 395 g/mol. The minimum Gasteiger partial charge on any atom is -0.497 e. The maximum absolute atomic E-state index is 12.5. The average Bonchev–Trinajstić information content (AvgIpc) is 3.29. The lowest BCUT2D eigenvalue weighted by atomic mass is 9.98. The van der Waals surface area contributed by atoms with E-state index < -0.39 is 0 Å². The van der Waals surface area contributed by atoms with E-state index in [1.807, 2.05) is 54.6 Å². The first-order chi connectivity index (χ1) is 14.2. The van der Waals surface area contributed by atoms with E-state index in [0.717, 1.165) is 23.3 Å². The van der Waals surface area contributed by atoms with Gasteiger partial charge in [0, 0.05) is 6.42 Å². The van der Waals surface area contributed by atoms with Gasteiger partial charge in [0.2, 0.25) is 0 Å². The number of hydrogen-bond donors (Lipinski definition) is 1. The van der Waals surface area contributed by atoms with Gasteiger partial charge in [0.25, 0.3) is 5.91 Å². The lowest BCUT2D eigenvalue weighted by Crippen LogP contribution is -2.33. The Morgan fingerprint density at radius 2 is 1.66 bits per heavy atom. The molecule has 0 aromatic heterocycles. The molecule has 0 radical (unpaired) electrons. The van der Waals surface area contributed by atoms with Crippen LogP contribution in [0, 0.1) is 5.92 Å². The molecule has 1 aliphatic rings. The fraction of sp³-hybridized carbons (Fsp3) is 0.417. The number of benzene rings is 2. The fourth-order valence-electron chi connectivity index (χ4n) is 3.84. The van der Waals surface area contributed by atoms with Crippen LogP contribution in [-0.2, 0) is 14.3 Å². The predicted molar refractivity (Wildman–Crippen MR) is 112 cm³/mol. The first kappa shape index (κ1) is 20.9. The quantitative estimate of drug-likeness (QED) is 0.639. The monoisotopic (exact) mass is 395 g/mol. The van der Waals surface area contributed by atoms with Crippen LogP contribution in [0.2, 0.25) is 0 Å². The Morgan fingerprint density at radius 3 is 2.31 bits per heavy atom. The summed E-state index contributed by atoms with van der Waals surface area (Å²) in [4.78, 5) is 24.5. The van der Waals surface area contributed by atoms with Crippen molar-refractivity contribution in [2.45, 2.75) is 44.6 Å². The number of carbonyl (C=O) groups excluding carboxylic acids is 2. The van der Waals surface area contributed by atoms with Crippen LogP contribution < -0.4 is 10.1 Å². The van der Waals surface area contributed by atoms with E-state index in [4.69, 9.17) is 9.47 Å². The smallest absolute Gasteiger partial charge is 0.306 e. The fourth-order valence-corrected chi connectivity index (χ4v) is 3.84. The summed E-state index contributed by atoms with van der Waals surface area (Å²) in [6.45, 7) is -0.261. The van der Waals surface area contributed by atoms with Crippen LogP contribution in [0.25, 0.3) is 0 Å². The highest BCUT2D eigenvalue weighted by Crippen LogP contribution is 2.28. The summed E-state index contributed by atoms with van der Waals surface area (Å²) in [6, 6.07) is 17.0. The third-order valence-corrected chi connectivity index (χ3v) is 5.48. The normalized spacial score (nSPS) is 14.9. The number of carbonyl (C=O) groups is 2. The number of methoxy groups -OCH3 is 1. The SMILES string of the molecule is COc1ccc([C@H](NC(=O)COC(=O)CCC2CCCC2)c2ccccc2)cc1. The van der Waals surface area contributed by atoms with Crippen molar-refractivity contribution in [2.24, 2.45) is 5.92 Å². The summed E-state index contributed by atoms with van der Waals surface area (Å²) in [6.07, 6.45) is 6.17. The summed E-state index contributed by atoms with van der Waals surface area (Å²) in [5.74, 6) is 0.772. The highest BCUT2D eigenvalue weighted by molar-refractivity contribution is 5.81. The largest absolute Gasteiger partial charge is 0.497 e. The van der Waals surface area contributed by atoms with Crippen molar-refractivity contribution >= 4 is 11.9 Å². The summed E-state index contributed by atoms with van der Waals surface area (Å²) >= 11 is 0. The number of ether oxygens (including phenoxy) is 2. The van der Waals surface area contributed by atoms with Gasteiger partial charge in [-0.2, -0.15) is 0 Å². The second kappa shape index (κ2) is 10.6. The van der Waals surface area contributed by atoms with Crippen LogP contribution >= 0.6 is 0 Å². The van der Waals surface area contributed by atoms with Crippen molar-refractivity contribution in [2.75, 3.05) is 13.7 Å². The van der Waals surface area contributed by atoms with Gasteiger partial charge in [-0.1, -0.05) is 68.1 Å². The molecule has 2 aromatic carbocycles. The molecule has 0 bridgehead atoms. The Morgan fingerprint density at radius 1 is 1.00 bits per heavy atom. The van der Waals surface area contributed by atoms with Gasteiger partial charge in [0.05, 0.1) is 13.2 Å². The van der Waals surface area contributed by atoms with Crippen molar-refractivity contribution in [3.8, 4) is 5.75 Å². The van der Waals surface area contributed by atoms with Gasteiger partial charge in [0.15, 0.2) is 6.61 Å². The molecule has 0 aliphatic heterocycles. The van der Waals surface area contributed by atoms with Crippen LogP contribution in [-0.4, -0.2) is 25.6 Å². The molecule has 1 amide bonds. The Bertz CT molecular complexity index is 782. The van der Waals surface area contributed by atoms with Crippen molar-refractivity contribution in [1.82, 2.24) is 5.32 Å². The zero-order chi connectivity index (χ0) is 20.5. The van der Waals surface area contributed by atoms with Gasteiger partial charge in [-0.25, -0.2) is 0 Å². The van der Waals surface area contributed by atoms with E-state index >= 15 is 0 Å². The van der Waals surface area contributed by atoms with Gasteiger partial charge in [-0.15, -0.1) is 0 Å². The van der Waals surface area contributed by atoms with E-state index in [-0.39, 0.29) is 24.5 Å². The number of rotatable bonds is 9. The lowest BCUT2D eigenvalue weighted by molar-refractivity contribution is -0.149. The number of amides is 1. The van der Waals surface area contributed by atoms with E-state index in [2.05, 4.69) is 5.32 Å². The molecular formula is C24H29NO4. The van der Waals surface area contributed by atoms with E-state index in [0.29, 0.717) is 12.3 Å². The molecule has 1 saturated carbocycles. The molecule has 0 heterocycles. The van der Waals surface area contributed by atoms with Crippen LogP contribution in [0.5, 0.6) is 5.75 Å². The molecule has 0 spiro atoms. The molecule has 0 saturated heterocycles. The predicted octanol–water partition coefficient (Wildman–Crippen LogP) is 4.41. The summed E-state index contributed by atoms with van der Waals surface area (Å²) in [7, 11) is 1.62. The zero-order valence-corrected chi connectivity index (χ0v) is 16.9. The standard InChI is InChI=1S/C24H29NO4/c1-28-21-14-12-20(13-15-21)24(19-9-3-2-4-10-19)25-22(26)17-29-23(27)16-11-18-7-5-6-8-18/h2-4,9-10,12-15,18,24H,5-8,11,16-17H2,1H3,(H,25,26)/t24-/m1/s1. The molecule has 1 fully saturated rings. The molecule has 3 rings (SSSR count). The second-order valence-corrected chi connectivity index (χ2v) is 7.53. The van der Waals surface area contributed by atoms with Gasteiger partial charge in [-0.05, 0) is 35.6 Å². The minimum absolute atomic E-state index is 0.261. The van der Waals surface area contributed by atoms with Crippen molar-refractivity contribution in [3.05, 3.63) is 65.7 Å². The van der Waals surface area contributed by atoms with Gasteiger partial charge in [-0.3, -0.25) is 9.59 Å². The molecule has 0 unspecified atom stereocenters. The lowest BCUT2D eigenvalue weighted by Gasteiger charge is -2.20. The Balaban J connectivity index is 1.56. The molecule has 1 aliphatic carbocycles. The van der Waals surface area contributed by atoms with Gasteiger partial charge in [0.1, 0.15) is 5.75 Å². The second-order valence-electron chi connectivity index (χ2n) is 7.53. The summed E-state index contributed by atoms with van der Waals surface area (Å²) in [5.41, 5.74) is 1.89. The Kier molecular flexibility index (Phi) is 7.68. The molecule has 1 atom stereocenters. The third-order valence-electron chi connectivity index (χ3n) is 5.48. The third kappa shape index (κ3) is 6.34. The Hall–Kier alpha value is -2.82. The summed E-state index contributed by atoms with van der Waals surface area (Å²) < 4.78 is 10.4. The van der Waals surface area contributed by atoms with Gasteiger partial charge < -0.3 is 14.8 Å². The zero-order valence-electron chi connectivity index (χ0n) is 16.9. The summed E-state index contributed by atoms with van der Waals surface area (Å²) in [5, 5.41) is 2.98. The molecule has 5 heteroatoms. The molecular weight excluding hydrogens is 366 g/mol. The molecule has 5 nitrogen and oxygen atoms in total. The minimum atomic E-state index is -0.327. The van der Waals surface area contributed by atoms with Crippen molar-refractivity contribution in [1.29, 1.82) is 0 Å². The number of hydrogen-bond acceptors (Lipinski definition) is 4. The van der Waals surface area contributed by atoms with E-state index in [1.165, 1.54) is 25.7 Å². The highest BCUT2D eigenvalue weighted by atomic mass is 16.5. The number of nitrogens with one attached hydrogen (secondary N) is 1.